The molecule has 1 heterocycles. The highest BCUT2D eigenvalue weighted by Gasteiger charge is 2.19. The van der Waals surface area contributed by atoms with E-state index in [0.29, 0.717) is 18.0 Å². The molecule has 1 fully saturated rings. The van der Waals surface area contributed by atoms with Crippen LogP contribution in [0.2, 0.25) is 0 Å². The minimum Gasteiger partial charge on any atom is -0.356 e. The molecule has 1 aromatic carbocycles. The van der Waals surface area contributed by atoms with Gasteiger partial charge in [0, 0.05) is 38.5 Å². The second-order valence-electron chi connectivity index (χ2n) is 5.75. The molecule has 2 rings (SSSR count). The van der Waals surface area contributed by atoms with Crippen LogP contribution in [0.25, 0.3) is 0 Å². The third-order valence-corrected chi connectivity index (χ3v) is 5.33. The van der Waals surface area contributed by atoms with Gasteiger partial charge < -0.3 is 10.6 Å². The van der Waals surface area contributed by atoms with Crippen molar-refractivity contribution in [3.8, 4) is 0 Å². The second-order valence-corrected chi connectivity index (χ2v) is 7.48. The molecule has 1 aliphatic heterocycles. The van der Waals surface area contributed by atoms with Gasteiger partial charge in [0.1, 0.15) is 0 Å². The van der Waals surface area contributed by atoms with Gasteiger partial charge in [0.15, 0.2) is 0 Å². The summed E-state index contributed by atoms with van der Waals surface area (Å²) in [4.78, 5) is 11.9. The number of sulfonamides is 1. The zero-order chi connectivity index (χ0) is 16.2. The third kappa shape index (κ3) is 4.53. The number of rotatable bonds is 7. The summed E-state index contributed by atoms with van der Waals surface area (Å²) in [6, 6.07) is 5.29. The van der Waals surface area contributed by atoms with E-state index in [1.54, 1.807) is 19.1 Å². The van der Waals surface area contributed by atoms with Gasteiger partial charge in [0.25, 0.3) is 0 Å². The molecule has 122 valence electrons. The van der Waals surface area contributed by atoms with Crippen LogP contribution in [-0.2, 0) is 14.8 Å². The Balaban J connectivity index is 1.81. The third-order valence-electron chi connectivity index (χ3n) is 3.73. The van der Waals surface area contributed by atoms with Crippen molar-refractivity contribution in [2.75, 3.05) is 26.2 Å². The molecule has 1 aromatic rings. The molecule has 0 unspecified atom stereocenters. The highest BCUT2D eigenvalue weighted by atomic mass is 32.2. The van der Waals surface area contributed by atoms with Crippen molar-refractivity contribution >= 4 is 15.9 Å². The maximum Gasteiger partial charge on any atom is 0.240 e. The van der Waals surface area contributed by atoms with E-state index in [1.165, 1.54) is 0 Å². The molecule has 0 radical (unpaired) electrons. The van der Waals surface area contributed by atoms with Crippen LogP contribution in [0.3, 0.4) is 0 Å². The maximum absolute atomic E-state index is 12.3. The molecule has 1 aliphatic rings. The molecule has 1 amide bonds. The fraction of sp³-hybridized carbons (Fsp3) is 0.533. The molecule has 6 nitrogen and oxygen atoms in total. The number of benzene rings is 1. The van der Waals surface area contributed by atoms with Crippen LogP contribution < -0.4 is 15.4 Å². The number of nitrogens with one attached hydrogen (secondary N) is 3. The summed E-state index contributed by atoms with van der Waals surface area (Å²) in [5.74, 6) is 0.367. The van der Waals surface area contributed by atoms with Crippen molar-refractivity contribution < 1.29 is 13.2 Å². The normalized spacial score (nSPS) is 15.4. The molecule has 0 saturated carbocycles. The lowest BCUT2D eigenvalue weighted by Crippen LogP contribution is -2.48. The van der Waals surface area contributed by atoms with Gasteiger partial charge in [-0.25, -0.2) is 13.1 Å². The first-order valence-electron chi connectivity index (χ1n) is 7.43. The summed E-state index contributed by atoms with van der Waals surface area (Å²) < 4.78 is 27.0. The predicted molar refractivity (Wildman–Crippen MR) is 85.1 cm³/mol. The molecule has 0 aliphatic carbocycles. The standard InChI is InChI=1S/C15H23N3O3S/c1-11-3-4-12(2)14(7-11)22(20,21)18-6-5-15(19)17-10-13-8-16-9-13/h3-4,7,13,16,18H,5-6,8-10H2,1-2H3,(H,17,19). The van der Waals surface area contributed by atoms with Gasteiger partial charge in [0.05, 0.1) is 4.90 Å². The molecule has 1 saturated heterocycles. The second kappa shape index (κ2) is 7.21. The molecule has 3 N–H and O–H groups in total. The molecule has 0 aromatic heterocycles. The fourth-order valence-electron chi connectivity index (χ4n) is 2.21. The van der Waals surface area contributed by atoms with E-state index in [4.69, 9.17) is 0 Å². The SMILES string of the molecule is Cc1ccc(C)c(S(=O)(=O)NCCC(=O)NCC2CNC2)c1. The van der Waals surface area contributed by atoms with Crippen LogP contribution in [0.5, 0.6) is 0 Å². The van der Waals surface area contributed by atoms with Crippen molar-refractivity contribution in [3.63, 3.8) is 0 Å². The lowest BCUT2D eigenvalue weighted by atomic mass is 10.0. The Labute approximate surface area is 131 Å². The maximum atomic E-state index is 12.3. The fourth-order valence-corrected chi connectivity index (χ4v) is 3.57. The van der Waals surface area contributed by atoms with Crippen LogP contribution in [0.1, 0.15) is 17.5 Å². The van der Waals surface area contributed by atoms with E-state index < -0.39 is 10.0 Å². The average molecular weight is 325 g/mol. The minimum atomic E-state index is -3.57. The van der Waals surface area contributed by atoms with Gasteiger partial charge >= 0.3 is 0 Å². The first-order valence-corrected chi connectivity index (χ1v) is 8.91. The van der Waals surface area contributed by atoms with Crippen molar-refractivity contribution in [3.05, 3.63) is 29.3 Å². The Morgan fingerprint density at radius 2 is 2.05 bits per heavy atom. The molecule has 0 atom stereocenters. The topological polar surface area (TPSA) is 87.3 Å². The van der Waals surface area contributed by atoms with Crippen LogP contribution >= 0.6 is 0 Å². The molecule has 22 heavy (non-hydrogen) atoms. The van der Waals surface area contributed by atoms with E-state index in [9.17, 15) is 13.2 Å². The van der Waals surface area contributed by atoms with Crippen LogP contribution in [0.15, 0.2) is 23.1 Å². The largest absolute Gasteiger partial charge is 0.356 e. The summed E-state index contributed by atoms with van der Waals surface area (Å²) >= 11 is 0. The van der Waals surface area contributed by atoms with Gasteiger partial charge in [-0.2, -0.15) is 0 Å². The summed E-state index contributed by atoms with van der Waals surface area (Å²) in [6.07, 6.45) is 0.143. The van der Waals surface area contributed by atoms with Gasteiger partial charge in [-0.3, -0.25) is 4.79 Å². The monoisotopic (exact) mass is 325 g/mol. The van der Waals surface area contributed by atoms with Crippen LogP contribution in [-0.4, -0.2) is 40.5 Å². The quantitative estimate of drug-likeness (QED) is 0.673. The van der Waals surface area contributed by atoms with Gasteiger partial charge in [0.2, 0.25) is 15.9 Å². The summed E-state index contributed by atoms with van der Waals surface area (Å²) in [5.41, 5.74) is 1.58. The van der Waals surface area contributed by atoms with E-state index in [-0.39, 0.29) is 23.8 Å². The lowest BCUT2D eigenvalue weighted by Gasteiger charge is -2.27. The number of aryl methyl sites for hydroxylation is 2. The van der Waals surface area contributed by atoms with Crippen molar-refractivity contribution in [1.29, 1.82) is 0 Å². The van der Waals surface area contributed by atoms with E-state index in [0.717, 1.165) is 18.7 Å². The van der Waals surface area contributed by atoms with E-state index >= 15 is 0 Å². The number of hydrogen-bond donors (Lipinski definition) is 3. The van der Waals surface area contributed by atoms with Gasteiger partial charge in [-0.05, 0) is 31.0 Å². The predicted octanol–water partition coefficient (Wildman–Crippen LogP) is 0.307. The molecular weight excluding hydrogens is 302 g/mol. The lowest BCUT2D eigenvalue weighted by molar-refractivity contribution is -0.121. The first kappa shape index (κ1) is 16.9. The summed E-state index contributed by atoms with van der Waals surface area (Å²) in [6.45, 7) is 6.22. The number of carbonyl (C=O) groups is 1. The number of amides is 1. The Bertz CT molecular complexity index is 639. The Morgan fingerprint density at radius 1 is 1.32 bits per heavy atom. The summed E-state index contributed by atoms with van der Waals surface area (Å²) in [5, 5.41) is 5.95. The Morgan fingerprint density at radius 3 is 2.68 bits per heavy atom. The number of carbonyl (C=O) groups excluding carboxylic acids is 1. The highest BCUT2D eigenvalue weighted by molar-refractivity contribution is 7.89. The first-order chi connectivity index (χ1) is 10.4. The molecule has 0 bridgehead atoms. The molecule has 7 heteroatoms. The van der Waals surface area contributed by atoms with E-state index in [1.807, 2.05) is 13.0 Å². The molecular formula is C15H23N3O3S. The minimum absolute atomic E-state index is 0.102. The molecule has 0 spiro atoms. The smallest absolute Gasteiger partial charge is 0.240 e. The Kier molecular flexibility index (Phi) is 5.55. The summed E-state index contributed by atoms with van der Waals surface area (Å²) in [7, 11) is -3.57. The van der Waals surface area contributed by atoms with Gasteiger partial charge in [-0.15, -0.1) is 0 Å². The Hall–Kier alpha value is -1.44. The highest BCUT2D eigenvalue weighted by Crippen LogP contribution is 2.16. The van der Waals surface area contributed by atoms with Crippen molar-refractivity contribution in [1.82, 2.24) is 15.4 Å². The van der Waals surface area contributed by atoms with Gasteiger partial charge in [-0.1, -0.05) is 12.1 Å². The van der Waals surface area contributed by atoms with Crippen LogP contribution in [0, 0.1) is 19.8 Å². The van der Waals surface area contributed by atoms with Crippen molar-refractivity contribution in [2.45, 2.75) is 25.2 Å². The van der Waals surface area contributed by atoms with Crippen LogP contribution in [0.4, 0.5) is 0 Å². The zero-order valence-electron chi connectivity index (χ0n) is 13.0. The average Bonchev–Trinajstić information content (AvgIpc) is 2.39. The van der Waals surface area contributed by atoms with E-state index in [2.05, 4.69) is 15.4 Å². The zero-order valence-corrected chi connectivity index (χ0v) is 13.8. The van der Waals surface area contributed by atoms with Crippen molar-refractivity contribution in [2.24, 2.45) is 5.92 Å². The number of hydrogen-bond acceptors (Lipinski definition) is 4.